The number of carbonyl (C=O) groups is 1. The molecule has 1 saturated heterocycles. The maximum Gasteiger partial charge on any atom is 0.303 e. The number of aliphatic hydroxyl groups is 1. The molecule has 8 heteroatoms. The molecule has 1 aromatic carbocycles. The average Bonchev–Trinajstić information content (AvgIpc) is 3.30. The number of benzene rings is 1. The number of fused-ring (bicyclic) bond motifs is 1. The maximum absolute atomic E-state index is 11.3. The van der Waals surface area contributed by atoms with E-state index in [1.165, 1.54) is 11.3 Å². The summed E-state index contributed by atoms with van der Waals surface area (Å²) in [5, 5.41) is 23.9. The standard InChI is InChI=1S/C28H31ClN2O4S/c1-35-21-6-7-25-23(17-21)22(10-13-30-25)26(32)8-4-19-11-15-31(18-20(19)5-9-28(33)34)14-2-3-27-24(29)12-16-36-27/h6-7,10,12-13,16-17,19-20,26,32H,4-5,8-9,11,14-15,18H2,1H3,(H,33,34)/t19-,20+,26?/m1/s1. The zero-order valence-electron chi connectivity index (χ0n) is 20.3. The number of likely N-dealkylation sites (tertiary alicyclic amines) is 1. The maximum atomic E-state index is 11.3. The van der Waals surface area contributed by atoms with Crippen molar-refractivity contribution in [2.45, 2.75) is 38.2 Å². The van der Waals surface area contributed by atoms with Gasteiger partial charge in [0.15, 0.2) is 0 Å². The third-order valence-corrected chi connectivity index (χ3v) is 8.24. The van der Waals surface area contributed by atoms with Crippen LogP contribution in [0.4, 0.5) is 0 Å². The summed E-state index contributed by atoms with van der Waals surface area (Å²) in [5.41, 5.74) is 1.67. The summed E-state index contributed by atoms with van der Waals surface area (Å²) < 4.78 is 5.36. The molecule has 0 spiro atoms. The van der Waals surface area contributed by atoms with Gasteiger partial charge in [-0.1, -0.05) is 23.4 Å². The third kappa shape index (κ3) is 6.77. The highest BCUT2D eigenvalue weighted by atomic mass is 35.5. The van der Waals surface area contributed by atoms with E-state index in [-0.39, 0.29) is 12.3 Å². The van der Waals surface area contributed by atoms with Crippen molar-refractivity contribution < 1.29 is 19.7 Å². The van der Waals surface area contributed by atoms with Crippen LogP contribution in [-0.4, -0.2) is 52.8 Å². The average molecular weight is 527 g/mol. The van der Waals surface area contributed by atoms with Crippen LogP contribution in [0.25, 0.3) is 10.9 Å². The number of nitrogens with zero attached hydrogens (tertiary/aromatic N) is 2. The first-order valence-corrected chi connectivity index (χ1v) is 13.5. The van der Waals surface area contributed by atoms with Gasteiger partial charge < -0.3 is 14.9 Å². The van der Waals surface area contributed by atoms with Crippen LogP contribution in [0, 0.1) is 23.7 Å². The molecule has 2 N–H and O–H groups in total. The zero-order chi connectivity index (χ0) is 25.5. The fourth-order valence-electron chi connectivity index (χ4n) is 5.02. The largest absolute Gasteiger partial charge is 0.497 e. The lowest BCUT2D eigenvalue weighted by molar-refractivity contribution is -0.137. The molecule has 0 amide bonds. The van der Waals surface area contributed by atoms with Crippen molar-refractivity contribution in [2.24, 2.45) is 11.8 Å². The Morgan fingerprint density at radius 3 is 2.92 bits per heavy atom. The van der Waals surface area contributed by atoms with E-state index < -0.39 is 12.1 Å². The van der Waals surface area contributed by atoms with E-state index in [4.69, 9.17) is 16.3 Å². The molecule has 1 aliphatic rings. The molecule has 190 valence electrons. The predicted molar refractivity (Wildman–Crippen MR) is 144 cm³/mol. The molecule has 0 aliphatic carbocycles. The normalized spacial score (nSPS) is 19.0. The number of halogens is 1. The van der Waals surface area contributed by atoms with Crippen molar-refractivity contribution in [1.82, 2.24) is 9.88 Å². The van der Waals surface area contributed by atoms with E-state index in [9.17, 15) is 15.0 Å². The summed E-state index contributed by atoms with van der Waals surface area (Å²) in [5.74, 6) is 6.95. The van der Waals surface area contributed by atoms with Gasteiger partial charge in [0, 0.05) is 24.5 Å². The number of aliphatic hydroxyl groups excluding tert-OH is 1. The van der Waals surface area contributed by atoms with Crippen LogP contribution in [-0.2, 0) is 4.79 Å². The molecular formula is C28H31ClN2O4S. The van der Waals surface area contributed by atoms with E-state index in [0.29, 0.717) is 30.3 Å². The zero-order valence-corrected chi connectivity index (χ0v) is 21.9. The van der Waals surface area contributed by atoms with Gasteiger partial charge in [-0.05, 0) is 85.3 Å². The van der Waals surface area contributed by atoms with Crippen LogP contribution in [0.2, 0.25) is 5.02 Å². The van der Waals surface area contributed by atoms with Crippen molar-refractivity contribution >= 4 is 39.8 Å². The number of hydrogen-bond donors (Lipinski definition) is 2. The number of aliphatic carboxylic acids is 1. The molecule has 0 radical (unpaired) electrons. The van der Waals surface area contributed by atoms with Gasteiger partial charge in [-0.2, -0.15) is 0 Å². The molecule has 3 atom stereocenters. The number of rotatable bonds is 9. The highest BCUT2D eigenvalue weighted by molar-refractivity contribution is 7.11. The monoisotopic (exact) mass is 526 g/mol. The van der Waals surface area contributed by atoms with Crippen LogP contribution >= 0.6 is 22.9 Å². The van der Waals surface area contributed by atoms with Crippen LogP contribution < -0.4 is 4.74 Å². The fourth-order valence-corrected chi connectivity index (χ4v) is 5.99. The second kappa shape index (κ2) is 12.6. The molecule has 1 aliphatic heterocycles. The summed E-state index contributed by atoms with van der Waals surface area (Å²) in [6.45, 7) is 2.36. The third-order valence-electron chi connectivity index (χ3n) is 6.98. The van der Waals surface area contributed by atoms with Gasteiger partial charge in [-0.25, -0.2) is 0 Å². The Labute approximate surface area is 220 Å². The van der Waals surface area contributed by atoms with Gasteiger partial charge in [-0.3, -0.25) is 14.7 Å². The number of pyridine rings is 1. The van der Waals surface area contributed by atoms with Crippen molar-refractivity contribution in [3.8, 4) is 17.6 Å². The summed E-state index contributed by atoms with van der Waals surface area (Å²) in [6, 6.07) is 9.40. The van der Waals surface area contributed by atoms with Crippen molar-refractivity contribution in [3.63, 3.8) is 0 Å². The molecule has 1 fully saturated rings. The summed E-state index contributed by atoms with van der Waals surface area (Å²) in [6.07, 6.45) is 4.30. The van der Waals surface area contributed by atoms with Crippen molar-refractivity contribution in [1.29, 1.82) is 0 Å². The number of ether oxygens (including phenoxy) is 1. The Balaban J connectivity index is 1.40. The highest BCUT2D eigenvalue weighted by Crippen LogP contribution is 2.35. The Morgan fingerprint density at radius 2 is 2.17 bits per heavy atom. The van der Waals surface area contributed by atoms with Gasteiger partial charge in [0.05, 0.1) is 35.2 Å². The van der Waals surface area contributed by atoms with Gasteiger partial charge in [0.25, 0.3) is 0 Å². The van der Waals surface area contributed by atoms with Gasteiger partial charge in [0.1, 0.15) is 5.75 Å². The van der Waals surface area contributed by atoms with E-state index in [2.05, 4.69) is 21.7 Å². The molecule has 3 aromatic rings. The smallest absolute Gasteiger partial charge is 0.303 e. The number of thiophene rings is 1. The molecule has 1 unspecified atom stereocenters. The lowest BCUT2D eigenvalue weighted by Crippen LogP contribution is -2.41. The second-order valence-corrected chi connectivity index (χ2v) is 10.6. The molecule has 3 heterocycles. The second-order valence-electron chi connectivity index (χ2n) is 9.25. The molecule has 4 rings (SSSR count). The van der Waals surface area contributed by atoms with Gasteiger partial charge in [0.2, 0.25) is 0 Å². The molecule has 0 bridgehead atoms. The minimum atomic E-state index is -0.768. The van der Waals surface area contributed by atoms with Crippen LogP contribution in [0.15, 0.2) is 41.9 Å². The van der Waals surface area contributed by atoms with Crippen LogP contribution in [0.3, 0.4) is 0 Å². The van der Waals surface area contributed by atoms with E-state index >= 15 is 0 Å². The number of methoxy groups -OCH3 is 1. The lowest BCUT2D eigenvalue weighted by atomic mass is 9.79. The summed E-state index contributed by atoms with van der Waals surface area (Å²) in [7, 11) is 1.63. The minimum Gasteiger partial charge on any atom is -0.497 e. The molecular weight excluding hydrogens is 496 g/mol. The first-order valence-electron chi connectivity index (χ1n) is 12.2. The highest BCUT2D eigenvalue weighted by Gasteiger charge is 2.30. The van der Waals surface area contributed by atoms with Crippen LogP contribution in [0.1, 0.15) is 48.6 Å². The van der Waals surface area contributed by atoms with Gasteiger partial charge in [-0.15, -0.1) is 11.3 Å². The van der Waals surface area contributed by atoms with Gasteiger partial charge >= 0.3 is 5.97 Å². The summed E-state index contributed by atoms with van der Waals surface area (Å²) >= 11 is 7.67. The number of carboxylic acids is 1. The molecule has 0 saturated carbocycles. The number of carboxylic acid groups (broad SMARTS) is 1. The molecule has 2 aromatic heterocycles. The van der Waals surface area contributed by atoms with Crippen LogP contribution in [0.5, 0.6) is 5.75 Å². The minimum absolute atomic E-state index is 0.156. The predicted octanol–water partition coefficient (Wildman–Crippen LogP) is 5.63. The topological polar surface area (TPSA) is 82.9 Å². The molecule has 36 heavy (non-hydrogen) atoms. The Hall–Kier alpha value is -2.63. The van der Waals surface area contributed by atoms with E-state index in [0.717, 1.165) is 53.0 Å². The SMILES string of the molecule is COc1ccc2nccc(C(O)CC[C@@H]3CCN(CC#Cc4sccc4Cl)C[C@@H]3CCC(=O)O)c2c1. The Kier molecular flexibility index (Phi) is 9.22. The number of hydrogen-bond acceptors (Lipinski definition) is 6. The number of piperidine rings is 1. The Bertz CT molecular complexity index is 1250. The van der Waals surface area contributed by atoms with Crippen molar-refractivity contribution in [2.75, 3.05) is 26.7 Å². The fraction of sp³-hybridized carbons (Fsp3) is 0.429. The van der Waals surface area contributed by atoms with E-state index in [1.54, 1.807) is 13.3 Å². The van der Waals surface area contributed by atoms with Crippen molar-refractivity contribution in [3.05, 3.63) is 57.4 Å². The quantitative estimate of drug-likeness (QED) is 0.352. The lowest BCUT2D eigenvalue weighted by Gasteiger charge is -2.38. The first-order chi connectivity index (χ1) is 17.4. The van der Waals surface area contributed by atoms with E-state index in [1.807, 2.05) is 35.7 Å². The summed E-state index contributed by atoms with van der Waals surface area (Å²) in [4.78, 5) is 18.9. The Morgan fingerprint density at radius 1 is 1.31 bits per heavy atom. The number of aromatic nitrogens is 1. The first kappa shape index (κ1) is 26.4. The molecule has 6 nitrogen and oxygen atoms in total.